The Kier molecular flexibility index (Phi) is 5.35. The molecular formula is C15H21ClN2OS. The predicted octanol–water partition coefficient (Wildman–Crippen LogP) is 2.25. The molecule has 0 aliphatic carbocycles. The Balaban J connectivity index is 0.00000147. The number of nitrogens with one attached hydrogen (secondary N) is 1. The highest BCUT2D eigenvalue weighted by atomic mass is 35.5. The van der Waals surface area contributed by atoms with Crippen LogP contribution in [0.3, 0.4) is 0 Å². The maximum Gasteiger partial charge on any atom is 0.228 e. The summed E-state index contributed by atoms with van der Waals surface area (Å²) in [6, 6.07) is 8.88. The quantitative estimate of drug-likeness (QED) is 0.909. The van der Waals surface area contributed by atoms with Gasteiger partial charge in [-0.3, -0.25) is 4.79 Å². The van der Waals surface area contributed by atoms with E-state index in [0.29, 0.717) is 5.91 Å². The number of hydrogen-bond acceptors (Lipinski definition) is 3. The molecule has 2 aliphatic rings. The van der Waals surface area contributed by atoms with Gasteiger partial charge in [0.2, 0.25) is 5.91 Å². The molecule has 0 bridgehead atoms. The Morgan fingerprint density at radius 2 is 2.00 bits per heavy atom. The number of carbonyl (C=O) groups excluding carboxylic acids is 1. The third-order valence-electron chi connectivity index (χ3n) is 4.00. The number of rotatable bonds is 2. The fraction of sp³-hybridized carbons (Fsp3) is 0.533. The van der Waals surface area contributed by atoms with Gasteiger partial charge in [-0.15, -0.1) is 12.4 Å². The fourth-order valence-corrected chi connectivity index (χ4v) is 3.72. The molecule has 0 saturated carbocycles. The average molecular weight is 313 g/mol. The molecule has 1 N–H and O–H groups in total. The minimum Gasteiger partial charge on any atom is -0.334 e. The zero-order valence-electron chi connectivity index (χ0n) is 11.7. The molecular weight excluding hydrogens is 292 g/mol. The number of thioether (sulfide) groups is 1. The van der Waals surface area contributed by atoms with Crippen molar-refractivity contribution >= 4 is 30.1 Å². The number of aryl methyl sites for hydroxylation is 1. The molecule has 20 heavy (non-hydrogen) atoms. The average Bonchev–Trinajstić information content (AvgIpc) is 2.37. The predicted molar refractivity (Wildman–Crippen MR) is 86.6 cm³/mol. The van der Waals surface area contributed by atoms with Crippen molar-refractivity contribution in [2.24, 2.45) is 5.92 Å². The molecule has 2 fully saturated rings. The largest absolute Gasteiger partial charge is 0.334 e. The molecule has 2 aliphatic heterocycles. The van der Waals surface area contributed by atoms with Gasteiger partial charge in [0.05, 0.1) is 12.0 Å². The first kappa shape index (κ1) is 15.7. The lowest BCUT2D eigenvalue weighted by Crippen LogP contribution is -2.54. The number of carbonyl (C=O) groups is 1. The van der Waals surface area contributed by atoms with E-state index >= 15 is 0 Å². The van der Waals surface area contributed by atoms with Crippen LogP contribution in [0, 0.1) is 12.8 Å². The summed E-state index contributed by atoms with van der Waals surface area (Å²) < 4.78 is 0. The third-order valence-corrected chi connectivity index (χ3v) is 5.03. The van der Waals surface area contributed by atoms with E-state index < -0.39 is 0 Å². The zero-order chi connectivity index (χ0) is 13.2. The van der Waals surface area contributed by atoms with Crippen LogP contribution in [-0.4, -0.2) is 41.9 Å². The van der Waals surface area contributed by atoms with E-state index in [0.717, 1.165) is 31.1 Å². The van der Waals surface area contributed by atoms with Crippen LogP contribution in [0.1, 0.15) is 17.2 Å². The van der Waals surface area contributed by atoms with Crippen molar-refractivity contribution < 1.29 is 4.79 Å². The molecule has 1 aromatic carbocycles. The van der Waals surface area contributed by atoms with Gasteiger partial charge in [-0.25, -0.2) is 0 Å². The molecule has 5 heteroatoms. The summed E-state index contributed by atoms with van der Waals surface area (Å²) in [5, 5.41) is 3.19. The minimum absolute atomic E-state index is 0. The number of halogens is 1. The molecule has 3 rings (SSSR count). The highest BCUT2D eigenvalue weighted by Crippen LogP contribution is 2.31. The van der Waals surface area contributed by atoms with Crippen LogP contribution in [0.5, 0.6) is 0 Å². The van der Waals surface area contributed by atoms with Gasteiger partial charge in [-0.05, 0) is 12.5 Å². The lowest BCUT2D eigenvalue weighted by Gasteiger charge is -2.40. The number of benzene rings is 1. The Morgan fingerprint density at radius 1 is 1.30 bits per heavy atom. The van der Waals surface area contributed by atoms with Gasteiger partial charge in [0.1, 0.15) is 0 Å². The molecule has 3 nitrogen and oxygen atoms in total. The molecule has 0 spiro atoms. The van der Waals surface area contributed by atoms with Crippen molar-refractivity contribution in [3.63, 3.8) is 0 Å². The van der Waals surface area contributed by atoms with Gasteiger partial charge in [0, 0.05) is 31.1 Å². The normalized spacial score (nSPS) is 22.9. The SMILES string of the molecule is Cc1ccc(C2CSCCN2C(=O)C2CNC2)cc1.Cl. The molecule has 0 aromatic heterocycles. The highest BCUT2D eigenvalue weighted by molar-refractivity contribution is 7.99. The van der Waals surface area contributed by atoms with Crippen LogP contribution in [0.2, 0.25) is 0 Å². The smallest absolute Gasteiger partial charge is 0.228 e. The Hall–Kier alpha value is -0.710. The van der Waals surface area contributed by atoms with Crippen molar-refractivity contribution in [2.75, 3.05) is 31.1 Å². The topological polar surface area (TPSA) is 32.3 Å². The van der Waals surface area contributed by atoms with Crippen molar-refractivity contribution in [3.8, 4) is 0 Å². The maximum atomic E-state index is 12.5. The molecule has 1 unspecified atom stereocenters. The standard InChI is InChI=1S/C15H20N2OS.ClH/c1-11-2-4-12(5-3-11)14-10-19-7-6-17(14)15(18)13-8-16-9-13;/h2-5,13-14,16H,6-10H2,1H3;1H. The van der Waals surface area contributed by atoms with E-state index in [1.54, 1.807) is 0 Å². The maximum absolute atomic E-state index is 12.5. The third kappa shape index (κ3) is 3.13. The van der Waals surface area contributed by atoms with Gasteiger partial charge < -0.3 is 10.2 Å². The van der Waals surface area contributed by atoms with Crippen molar-refractivity contribution in [1.82, 2.24) is 10.2 Å². The van der Waals surface area contributed by atoms with Crippen LogP contribution in [-0.2, 0) is 4.79 Å². The Bertz CT molecular complexity index is 461. The second-order valence-electron chi connectivity index (χ2n) is 5.39. The Morgan fingerprint density at radius 3 is 2.60 bits per heavy atom. The first-order valence-corrected chi connectivity index (χ1v) is 8.06. The van der Waals surface area contributed by atoms with Crippen LogP contribution in [0.15, 0.2) is 24.3 Å². The highest BCUT2D eigenvalue weighted by Gasteiger charge is 2.34. The number of nitrogens with zero attached hydrogens (tertiary/aromatic N) is 1. The van der Waals surface area contributed by atoms with Crippen LogP contribution >= 0.6 is 24.2 Å². The lowest BCUT2D eigenvalue weighted by atomic mass is 9.98. The number of hydrogen-bond donors (Lipinski definition) is 1. The molecule has 1 atom stereocenters. The number of amides is 1. The van der Waals surface area contributed by atoms with E-state index in [4.69, 9.17) is 0 Å². The van der Waals surface area contributed by atoms with Crippen LogP contribution in [0.25, 0.3) is 0 Å². The van der Waals surface area contributed by atoms with E-state index in [9.17, 15) is 4.79 Å². The van der Waals surface area contributed by atoms with Gasteiger partial charge in [0.15, 0.2) is 0 Å². The van der Waals surface area contributed by atoms with Crippen LogP contribution < -0.4 is 5.32 Å². The molecule has 1 aromatic rings. The first-order chi connectivity index (χ1) is 9.25. The Labute approximate surface area is 130 Å². The van der Waals surface area contributed by atoms with Crippen molar-refractivity contribution in [3.05, 3.63) is 35.4 Å². The van der Waals surface area contributed by atoms with E-state index in [1.807, 2.05) is 11.8 Å². The van der Waals surface area contributed by atoms with E-state index in [2.05, 4.69) is 41.4 Å². The van der Waals surface area contributed by atoms with Crippen molar-refractivity contribution in [2.45, 2.75) is 13.0 Å². The summed E-state index contributed by atoms with van der Waals surface area (Å²) >= 11 is 1.95. The molecule has 2 heterocycles. The van der Waals surface area contributed by atoms with Crippen LogP contribution in [0.4, 0.5) is 0 Å². The van der Waals surface area contributed by atoms with E-state index in [1.165, 1.54) is 11.1 Å². The fourth-order valence-electron chi connectivity index (χ4n) is 2.63. The van der Waals surface area contributed by atoms with E-state index in [-0.39, 0.29) is 24.4 Å². The molecule has 1 amide bonds. The second-order valence-corrected chi connectivity index (χ2v) is 6.54. The summed E-state index contributed by atoms with van der Waals surface area (Å²) in [7, 11) is 0. The van der Waals surface area contributed by atoms with Gasteiger partial charge in [-0.1, -0.05) is 29.8 Å². The molecule has 0 radical (unpaired) electrons. The van der Waals surface area contributed by atoms with Gasteiger partial charge >= 0.3 is 0 Å². The zero-order valence-corrected chi connectivity index (χ0v) is 13.3. The first-order valence-electron chi connectivity index (χ1n) is 6.91. The molecule has 2 saturated heterocycles. The summed E-state index contributed by atoms with van der Waals surface area (Å²) in [5.74, 6) is 2.63. The summed E-state index contributed by atoms with van der Waals surface area (Å²) in [4.78, 5) is 14.6. The summed E-state index contributed by atoms with van der Waals surface area (Å²) in [6.07, 6.45) is 0. The monoisotopic (exact) mass is 312 g/mol. The summed E-state index contributed by atoms with van der Waals surface area (Å²) in [6.45, 7) is 4.69. The van der Waals surface area contributed by atoms with Crippen molar-refractivity contribution in [1.29, 1.82) is 0 Å². The van der Waals surface area contributed by atoms with Gasteiger partial charge in [-0.2, -0.15) is 11.8 Å². The summed E-state index contributed by atoms with van der Waals surface area (Å²) in [5.41, 5.74) is 2.55. The minimum atomic E-state index is 0. The lowest BCUT2D eigenvalue weighted by molar-refractivity contribution is -0.139. The van der Waals surface area contributed by atoms with Gasteiger partial charge in [0.25, 0.3) is 0 Å². The second kappa shape index (κ2) is 6.83. The molecule has 110 valence electrons.